The molecule has 0 aromatic heterocycles. The van der Waals surface area contributed by atoms with Crippen molar-refractivity contribution in [2.75, 3.05) is 0 Å². The summed E-state index contributed by atoms with van der Waals surface area (Å²) in [6, 6.07) is -1.08. The number of hydrogen-bond donors (Lipinski definition) is 7. The number of carbonyl (C=O) groups is 2. The Balaban J connectivity index is 1.58. The number of epoxide rings is 1. The lowest BCUT2D eigenvalue weighted by Gasteiger charge is -2.45. The van der Waals surface area contributed by atoms with E-state index in [1.165, 1.54) is 12.2 Å². The van der Waals surface area contributed by atoms with E-state index < -0.39 is 97.3 Å². The second kappa shape index (κ2) is 16.6. The van der Waals surface area contributed by atoms with Gasteiger partial charge in [-0.05, 0) is 19.9 Å². The number of nitrogens with two attached hydrogens (primary N) is 1. The monoisotopic (exact) mass is 665 g/mol. The van der Waals surface area contributed by atoms with Crippen LogP contribution >= 0.6 is 0 Å². The predicted octanol–water partition coefficient (Wildman–Crippen LogP) is 0.120. The van der Waals surface area contributed by atoms with Gasteiger partial charge < -0.3 is 60.1 Å². The molecule has 3 fully saturated rings. The van der Waals surface area contributed by atoms with E-state index in [1.807, 2.05) is 6.08 Å². The molecule has 262 valence electrons. The molecule has 2 bridgehead atoms. The van der Waals surface area contributed by atoms with Crippen LogP contribution in [-0.4, -0.2) is 122 Å². The maximum Gasteiger partial charge on any atom is 0.330 e. The van der Waals surface area contributed by atoms with E-state index in [-0.39, 0.29) is 25.4 Å². The zero-order valence-corrected chi connectivity index (χ0v) is 26.4. The minimum atomic E-state index is -2.10. The summed E-state index contributed by atoms with van der Waals surface area (Å²) in [4.78, 5) is 24.4. The Kier molecular flexibility index (Phi) is 13.1. The molecule has 4 rings (SSSR count). The summed E-state index contributed by atoms with van der Waals surface area (Å²) in [6.45, 7) is 3.34. The molecule has 14 nitrogen and oxygen atoms in total. The molecule has 3 saturated heterocycles. The van der Waals surface area contributed by atoms with Gasteiger partial charge in [0.2, 0.25) is 0 Å². The fraction of sp³-hybridized carbons (Fsp3) is 0.636. The number of fused-ring (bicyclic) bond motifs is 3. The van der Waals surface area contributed by atoms with Gasteiger partial charge >= 0.3 is 11.9 Å². The molecule has 0 spiro atoms. The average Bonchev–Trinajstić information content (AvgIpc) is 3.72. The largest absolute Gasteiger partial charge is 0.481 e. The fourth-order valence-electron chi connectivity index (χ4n) is 6.00. The first-order valence-electron chi connectivity index (χ1n) is 15.9. The van der Waals surface area contributed by atoms with Crippen LogP contribution in [0.2, 0.25) is 0 Å². The smallest absolute Gasteiger partial charge is 0.330 e. The molecule has 4 aliphatic heterocycles. The second-order valence-electron chi connectivity index (χ2n) is 12.6. The number of carbonyl (C=O) groups excluding carboxylic acids is 1. The third-order valence-corrected chi connectivity index (χ3v) is 8.58. The average molecular weight is 666 g/mol. The molecule has 14 atom stereocenters. The fourth-order valence-corrected chi connectivity index (χ4v) is 6.00. The van der Waals surface area contributed by atoms with E-state index in [9.17, 15) is 40.2 Å². The van der Waals surface area contributed by atoms with Crippen molar-refractivity contribution >= 4 is 11.9 Å². The molecule has 4 aliphatic rings. The van der Waals surface area contributed by atoms with Crippen molar-refractivity contribution in [1.29, 1.82) is 0 Å². The number of aliphatic hydroxyl groups is 5. The molecule has 8 N–H and O–H groups in total. The number of esters is 1. The molecule has 0 radical (unpaired) electrons. The Bertz CT molecular complexity index is 1220. The van der Waals surface area contributed by atoms with Crippen LogP contribution in [0, 0.1) is 5.92 Å². The quantitative estimate of drug-likeness (QED) is 0.157. The molecule has 0 aromatic rings. The van der Waals surface area contributed by atoms with Gasteiger partial charge in [0.1, 0.15) is 24.2 Å². The van der Waals surface area contributed by atoms with E-state index in [2.05, 4.69) is 0 Å². The lowest BCUT2D eigenvalue weighted by Crippen LogP contribution is -2.61. The first kappa shape index (κ1) is 37.1. The number of aliphatic carboxylic acids is 1. The van der Waals surface area contributed by atoms with Gasteiger partial charge in [0, 0.05) is 38.2 Å². The van der Waals surface area contributed by atoms with Crippen molar-refractivity contribution in [2.45, 2.75) is 125 Å². The number of cyclic esters (lactones) is 1. The molecule has 0 amide bonds. The highest BCUT2D eigenvalue weighted by Crippen LogP contribution is 2.39. The normalized spacial score (nSPS) is 43.8. The Morgan fingerprint density at radius 1 is 0.936 bits per heavy atom. The molecular formula is C33H47NO13. The van der Waals surface area contributed by atoms with Gasteiger partial charge in [-0.15, -0.1) is 0 Å². The van der Waals surface area contributed by atoms with Gasteiger partial charge in [0.15, 0.2) is 12.1 Å². The van der Waals surface area contributed by atoms with Gasteiger partial charge in [-0.2, -0.15) is 0 Å². The summed E-state index contributed by atoms with van der Waals surface area (Å²) < 4.78 is 28.5. The summed E-state index contributed by atoms with van der Waals surface area (Å²) >= 11 is 0. The first-order valence-corrected chi connectivity index (χ1v) is 15.9. The van der Waals surface area contributed by atoms with E-state index in [1.54, 1.807) is 56.4 Å². The minimum Gasteiger partial charge on any atom is -0.481 e. The highest BCUT2D eigenvalue weighted by Gasteiger charge is 2.51. The van der Waals surface area contributed by atoms with Gasteiger partial charge in [-0.3, -0.25) is 4.79 Å². The molecule has 0 aliphatic carbocycles. The third kappa shape index (κ3) is 10.6. The summed E-state index contributed by atoms with van der Waals surface area (Å²) in [6.07, 6.45) is 5.25. The zero-order chi connectivity index (χ0) is 34.3. The van der Waals surface area contributed by atoms with Crippen molar-refractivity contribution in [3.8, 4) is 0 Å². The number of rotatable bonds is 3. The zero-order valence-electron chi connectivity index (χ0n) is 26.4. The molecule has 3 unspecified atom stereocenters. The van der Waals surface area contributed by atoms with Gasteiger partial charge in [-0.25, -0.2) is 4.79 Å². The van der Waals surface area contributed by atoms with Crippen molar-refractivity contribution in [3.63, 3.8) is 0 Å². The van der Waals surface area contributed by atoms with Gasteiger partial charge in [0.25, 0.3) is 0 Å². The summed E-state index contributed by atoms with van der Waals surface area (Å²) in [5, 5.41) is 63.9. The lowest BCUT2D eigenvalue weighted by atomic mass is 9.83. The van der Waals surface area contributed by atoms with Crippen LogP contribution in [0.5, 0.6) is 0 Å². The van der Waals surface area contributed by atoms with Crippen molar-refractivity contribution in [1.82, 2.24) is 0 Å². The lowest BCUT2D eigenvalue weighted by molar-refractivity contribution is -0.308. The van der Waals surface area contributed by atoms with Crippen molar-refractivity contribution in [3.05, 3.63) is 60.8 Å². The Morgan fingerprint density at radius 2 is 1.64 bits per heavy atom. The number of hydrogen-bond acceptors (Lipinski definition) is 13. The highest BCUT2D eigenvalue weighted by molar-refractivity contribution is 5.82. The van der Waals surface area contributed by atoms with Crippen LogP contribution in [0.1, 0.15) is 46.0 Å². The van der Waals surface area contributed by atoms with Gasteiger partial charge in [0.05, 0.1) is 48.8 Å². The SMILES string of the molecule is CC1O[C@@H](O[C@H]2C=CC=CC=CC=CC[C@@H](C)OC(=O)C=C[C@H]3O[C@@H]3C[C@H](O)C[C@]3(O)C[C@H](O)[C@@H](C(=O)O)[C@H](C2)O3)C(O)C(N)[C@@H]1O. The maximum atomic E-state index is 12.3. The molecule has 4 heterocycles. The molecule has 0 aromatic carbocycles. The van der Waals surface area contributed by atoms with Crippen LogP contribution in [0.4, 0.5) is 0 Å². The Morgan fingerprint density at radius 3 is 2.36 bits per heavy atom. The number of aliphatic hydroxyl groups excluding tert-OH is 4. The minimum absolute atomic E-state index is 0.0789. The van der Waals surface area contributed by atoms with Crippen LogP contribution in [0.15, 0.2) is 60.8 Å². The number of allylic oxidation sites excluding steroid dienone is 6. The number of ether oxygens (including phenoxy) is 5. The molecule has 0 saturated carbocycles. The Hall–Kier alpha value is -2.76. The highest BCUT2D eigenvalue weighted by atomic mass is 16.7. The molecular weight excluding hydrogens is 618 g/mol. The van der Waals surface area contributed by atoms with Crippen LogP contribution in [0.3, 0.4) is 0 Å². The van der Waals surface area contributed by atoms with Crippen molar-refractivity contribution in [2.24, 2.45) is 11.7 Å². The van der Waals surface area contributed by atoms with E-state index in [4.69, 9.17) is 29.4 Å². The summed E-state index contributed by atoms with van der Waals surface area (Å²) in [7, 11) is 0. The first-order chi connectivity index (χ1) is 22.3. The number of carboxylic acids is 1. The van der Waals surface area contributed by atoms with E-state index in [0.717, 1.165) is 0 Å². The van der Waals surface area contributed by atoms with E-state index in [0.29, 0.717) is 6.42 Å². The van der Waals surface area contributed by atoms with Crippen LogP contribution in [0.25, 0.3) is 0 Å². The van der Waals surface area contributed by atoms with Gasteiger partial charge in [-0.1, -0.05) is 48.6 Å². The predicted molar refractivity (Wildman–Crippen MR) is 165 cm³/mol. The molecule has 47 heavy (non-hydrogen) atoms. The third-order valence-electron chi connectivity index (χ3n) is 8.58. The van der Waals surface area contributed by atoms with Crippen molar-refractivity contribution < 1.29 is 63.9 Å². The van der Waals surface area contributed by atoms with Crippen LogP contribution < -0.4 is 5.73 Å². The topological polar surface area (TPSA) is 231 Å². The standard InChI is InChI=1S/C33H47NO13/c1-18-10-8-6-4-3-5-7-9-11-21(45-32-30(39)28(34)29(38)19(2)44-32)15-25-27(31(40)41)22(36)17-33(42,47-25)16-20(35)14-24-23(46-24)12-13-26(37)43-18/h3-9,11-13,18-25,27-30,32,35-36,38-39,42H,10,14-17,34H2,1-2H3,(H,40,41)/t18-,19?,20+,21+,22+,23-,24-,25+,27-,28?,29-,30?,32+,33-/m1/s1. The van der Waals surface area contributed by atoms with E-state index >= 15 is 0 Å². The summed E-state index contributed by atoms with van der Waals surface area (Å²) in [5.41, 5.74) is 5.98. The maximum absolute atomic E-state index is 12.3. The second-order valence-corrected chi connectivity index (χ2v) is 12.6. The Labute approximate surface area is 273 Å². The summed E-state index contributed by atoms with van der Waals surface area (Å²) in [5.74, 6) is -5.45. The number of carboxylic acid groups (broad SMARTS) is 1. The molecule has 14 heteroatoms. The van der Waals surface area contributed by atoms with Crippen LogP contribution in [-0.2, 0) is 33.3 Å².